The average Bonchev–Trinajstić information content (AvgIpc) is 3.22. The molecule has 2 N–H and O–H groups in total. The third-order valence-corrected chi connectivity index (χ3v) is 6.30. The fourth-order valence-electron chi connectivity index (χ4n) is 4.12. The van der Waals surface area contributed by atoms with Crippen LogP contribution in [0.4, 0.5) is 19.0 Å². The molecule has 1 aliphatic heterocycles. The van der Waals surface area contributed by atoms with Crippen molar-refractivity contribution >= 4 is 11.7 Å². The standard InChI is InChI=1S/C25H27F3N4O/c1-4-17-7-9-19(10-8-17)21-12-22(25(26,27)28)32-23(31-21)20(14-30-32)24(33)29-13-18-6-5-15(2)16(3)11-18/h5-11,14,21-22,31H,4,12-13H2,1-3H3,(H,29,33)/t21-,22+/m0/s1. The quantitative estimate of drug-likeness (QED) is 0.521. The molecule has 0 saturated carbocycles. The molecule has 1 aromatic heterocycles. The van der Waals surface area contributed by atoms with E-state index in [1.54, 1.807) is 0 Å². The van der Waals surface area contributed by atoms with Crippen LogP contribution in [0.3, 0.4) is 0 Å². The smallest absolute Gasteiger partial charge is 0.363 e. The summed E-state index contributed by atoms with van der Waals surface area (Å²) >= 11 is 0. The maximum Gasteiger partial charge on any atom is 0.410 e. The zero-order valence-electron chi connectivity index (χ0n) is 18.8. The second-order valence-corrected chi connectivity index (χ2v) is 8.54. The van der Waals surface area contributed by atoms with Crippen LogP contribution in [0.1, 0.15) is 63.6 Å². The summed E-state index contributed by atoms with van der Waals surface area (Å²) in [6.07, 6.45) is -2.63. The minimum absolute atomic E-state index is 0.0886. The van der Waals surface area contributed by atoms with Crippen LogP contribution in [0, 0.1) is 13.8 Å². The number of hydrogen-bond donors (Lipinski definition) is 2. The van der Waals surface area contributed by atoms with E-state index >= 15 is 0 Å². The number of aryl methyl sites for hydroxylation is 3. The summed E-state index contributed by atoms with van der Waals surface area (Å²) in [6, 6.07) is 11.0. The Hall–Kier alpha value is -3.29. The Bertz CT molecular complexity index is 1150. The molecule has 0 fully saturated rings. The highest BCUT2D eigenvalue weighted by Gasteiger charge is 2.47. The van der Waals surface area contributed by atoms with Gasteiger partial charge in [0, 0.05) is 13.0 Å². The first-order valence-corrected chi connectivity index (χ1v) is 11.0. The molecule has 2 atom stereocenters. The number of aromatic nitrogens is 2. The van der Waals surface area contributed by atoms with Gasteiger partial charge in [0.15, 0.2) is 6.04 Å². The van der Waals surface area contributed by atoms with E-state index in [9.17, 15) is 18.0 Å². The molecule has 0 saturated heterocycles. The lowest BCUT2D eigenvalue weighted by Crippen LogP contribution is -2.36. The molecule has 5 nitrogen and oxygen atoms in total. The zero-order chi connectivity index (χ0) is 23.8. The lowest BCUT2D eigenvalue weighted by atomic mass is 9.95. The molecule has 33 heavy (non-hydrogen) atoms. The van der Waals surface area contributed by atoms with Gasteiger partial charge in [0.05, 0.1) is 12.2 Å². The van der Waals surface area contributed by atoms with Crippen molar-refractivity contribution in [3.8, 4) is 0 Å². The van der Waals surface area contributed by atoms with Crippen LogP contribution in [0.25, 0.3) is 0 Å². The highest BCUT2D eigenvalue weighted by molar-refractivity contribution is 5.98. The van der Waals surface area contributed by atoms with Crippen molar-refractivity contribution in [2.24, 2.45) is 0 Å². The molecule has 0 aliphatic carbocycles. The fourth-order valence-corrected chi connectivity index (χ4v) is 4.12. The van der Waals surface area contributed by atoms with Gasteiger partial charge in [0.1, 0.15) is 11.4 Å². The predicted octanol–water partition coefficient (Wildman–Crippen LogP) is 5.65. The van der Waals surface area contributed by atoms with Gasteiger partial charge in [-0.05, 0) is 48.1 Å². The summed E-state index contributed by atoms with van der Waals surface area (Å²) in [5.41, 5.74) is 5.13. The molecule has 8 heteroatoms. The van der Waals surface area contributed by atoms with Gasteiger partial charge in [-0.3, -0.25) is 4.79 Å². The van der Waals surface area contributed by atoms with Crippen molar-refractivity contribution in [3.63, 3.8) is 0 Å². The number of hydrogen-bond acceptors (Lipinski definition) is 3. The van der Waals surface area contributed by atoms with Gasteiger partial charge in [0.25, 0.3) is 5.91 Å². The number of fused-ring (bicyclic) bond motifs is 1. The normalized spacial score (nSPS) is 17.9. The monoisotopic (exact) mass is 456 g/mol. The van der Waals surface area contributed by atoms with Crippen molar-refractivity contribution in [2.75, 3.05) is 5.32 Å². The van der Waals surface area contributed by atoms with Crippen LogP contribution < -0.4 is 10.6 Å². The molecule has 1 aliphatic rings. The highest BCUT2D eigenvalue weighted by Crippen LogP contribution is 2.44. The Morgan fingerprint density at radius 2 is 1.82 bits per heavy atom. The van der Waals surface area contributed by atoms with Gasteiger partial charge in [-0.1, -0.05) is 49.4 Å². The van der Waals surface area contributed by atoms with Crippen molar-refractivity contribution < 1.29 is 18.0 Å². The van der Waals surface area contributed by atoms with Crippen LogP contribution in [0.15, 0.2) is 48.7 Å². The largest absolute Gasteiger partial charge is 0.410 e. The van der Waals surface area contributed by atoms with Gasteiger partial charge in [-0.2, -0.15) is 18.3 Å². The van der Waals surface area contributed by atoms with Crippen molar-refractivity contribution in [2.45, 2.75) is 58.4 Å². The van der Waals surface area contributed by atoms with E-state index < -0.39 is 24.2 Å². The molecule has 1 amide bonds. The third-order valence-electron chi connectivity index (χ3n) is 6.30. The van der Waals surface area contributed by atoms with Gasteiger partial charge in [-0.25, -0.2) is 4.68 Å². The number of nitrogens with one attached hydrogen (secondary N) is 2. The van der Waals surface area contributed by atoms with Crippen LogP contribution in [0.2, 0.25) is 0 Å². The lowest BCUT2D eigenvalue weighted by Gasteiger charge is -2.34. The first-order valence-electron chi connectivity index (χ1n) is 11.0. The van der Waals surface area contributed by atoms with Crippen LogP contribution >= 0.6 is 0 Å². The molecule has 0 unspecified atom stereocenters. The Labute approximate surface area is 191 Å². The molecule has 3 aromatic rings. The van der Waals surface area contributed by atoms with Crippen LogP contribution in [0.5, 0.6) is 0 Å². The second kappa shape index (κ2) is 8.92. The Balaban J connectivity index is 1.60. The van der Waals surface area contributed by atoms with E-state index in [2.05, 4.69) is 15.7 Å². The lowest BCUT2D eigenvalue weighted by molar-refractivity contribution is -0.173. The number of carbonyl (C=O) groups excluding carboxylic acids is 1. The maximum atomic E-state index is 13.9. The van der Waals surface area contributed by atoms with E-state index in [4.69, 9.17) is 0 Å². The van der Waals surface area contributed by atoms with Crippen molar-refractivity contribution in [3.05, 3.63) is 82.0 Å². The average molecular weight is 457 g/mol. The van der Waals surface area contributed by atoms with E-state index in [1.165, 1.54) is 6.20 Å². The number of halogens is 3. The third kappa shape index (κ3) is 4.74. The van der Waals surface area contributed by atoms with Gasteiger partial charge < -0.3 is 10.6 Å². The molecule has 2 aromatic carbocycles. The van der Waals surface area contributed by atoms with Gasteiger partial charge in [0.2, 0.25) is 0 Å². The number of anilines is 1. The van der Waals surface area contributed by atoms with Crippen molar-refractivity contribution in [1.29, 1.82) is 0 Å². The zero-order valence-corrected chi connectivity index (χ0v) is 18.8. The fraction of sp³-hybridized carbons (Fsp3) is 0.360. The Kier molecular flexibility index (Phi) is 6.19. The number of rotatable bonds is 5. The minimum Gasteiger partial charge on any atom is -0.363 e. The number of nitrogens with zero attached hydrogens (tertiary/aromatic N) is 2. The second-order valence-electron chi connectivity index (χ2n) is 8.54. The first kappa shape index (κ1) is 22.9. The van der Waals surface area contributed by atoms with E-state index in [1.807, 2.05) is 63.2 Å². The Morgan fingerprint density at radius 3 is 2.45 bits per heavy atom. The predicted molar refractivity (Wildman–Crippen MR) is 121 cm³/mol. The summed E-state index contributed by atoms with van der Waals surface area (Å²) < 4.78 is 42.6. The number of amides is 1. The van der Waals surface area contributed by atoms with Gasteiger partial charge in [-0.15, -0.1) is 0 Å². The molecule has 2 heterocycles. The highest BCUT2D eigenvalue weighted by atomic mass is 19.4. The SMILES string of the molecule is CCc1ccc([C@@H]2C[C@H](C(F)(F)F)n3ncc(C(=O)NCc4ccc(C)c(C)c4)c3N2)cc1. The molecule has 0 bridgehead atoms. The van der Waals surface area contributed by atoms with Gasteiger partial charge >= 0.3 is 6.18 Å². The topological polar surface area (TPSA) is 59.0 Å². The summed E-state index contributed by atoms with van der Waals surface area (Å²) in [6.45, 7) is 6.29. The number of carbonyl (C=O) groups is 1. The molecule has 0 spiro atoms. The molecular weight excluding hydrogens is 429 g/mol. The number of alkyl halides is 3. The van der Waals surface area contributed by atoms with Crippen LogP contribution in [-0.2, 0) is 13.0 Å². The number of benzene rings is 2. The summed E-state index contributed by atoms with van der Waals surface area (Å²) in [5, 5.41) is 9.88. The van der Waals surface area contributed by atoms with Crippen molar-refractivity contribution in [1.82, 2.24) is 15.1 Å². The molecule has 174 valence electrons. The molecule has 0 radical (unpaired) electrons. The maximum absolute atomic E-state index is 13.9. The van der Waals surface area contributed by atoms with Crippen LogP contribution in [-0.4, -0.2) is 21.9 Å². The summed E-state index contributed by atoms with van der Waals surface area (Å²) in [4.78, 5) is 12.9. The molecular formula is C25H27F3N4O. The first-order chi connectivity index (χ1) is 15.7. The van der Waals surface area contributed by atoms with E-state index in [0.717, 1.165) is 38.9 Å². The Morgan fingerprint density at radius 1 is 1.12 bits per heavy atom. The minimum atomic E-state index is -4.49. The van der Waals surface area contributed by atoms with E-state index in [-0.39, 0.29) is 24.3 Å². The summed E-state index contributed by atoms with van der Waals surface area (Å²) in [5.74, 6) is -0.379. The summed E-state index contributed by atoms with van der Waals surface area (Å²) in [7, 11) is 0. The molecule has 4 rings (SSSR count). The van der Waals surface area contributed by atoms with E-state index in [0.29, 0.717) is 0 Å².